The number of hydrogen-bond donors (Lipinski definition) is 2. The number of anilines is 1. The summed E-state index contributed by atoms with van der Waals surface area (Å²) in [5, 5.41) is 11.4. The van der Waals surface area contributed by atoms with E-state index in [4.69, 9.17) is 9.84 Å². The van der Waals surface area contributed by atoms with Gasteiger partial charge in [0.25, 0.3) is 0 Å². The molecule has 1 heterocycles. The molecule has 0 aromatic heterocycles. The Labute approximate surface area is 234 Å². The van der Waals surface area contributed by atoms with E-state index in [1.807, 2.05) is 0 Å². The largest absolute Gasteiger partial charge is 0.478 e. The molecule has 0 spiro atoms. The Hall–Kier alpha value is -4.51. The molecule has 3 aromatic rings. The van der Waals surface area contributed by atoms with E-state index in [1.165, 1.54) is 41.3 Å². The number of aliphatic imine (C=N–C) groups is 1. The third-order valence-electron chi connectivity index (χ3n) is 5.95. The van der Waals surface area contributed by atoms with Gasteiger partial charge in [-0.15, -0.1) is 0 Å². The number of esters is 1. The lowest BCUT2D eigenvalue weighted by Crippen LogP contribution is -2.35. The quantitative estimate of drug-likeness (QED) is 0.336. The second-order valence-electron chi connectivity index (χ2n) is 8.77. The summed E-state index contributed by atoms with van der Waals surface area (Å²) in [5.74, 6) is -2.57. The van der Waals surface area contributed by atoms with E-state index in [-0.39, 0.29) is 36.9 Å². The zero-order valence-corrected chi connectivity index (χ0v) is 22.3. The van der Waals surface area contributed by atoms with Crippen LogP contribution in [0, 0.1) is 5.82 Å². The maximum Gasteiger partial charge on any atom is 0.338 e. The Morgan fingerprint density at radius 1 is 1.00 bits per heavy atom. The third kappa shape index (κ3) is 7.32. The molecule has 4 rings (SSSR count). The van der Waals surface area contributed by atoms with Gasteiger partial charge in [-0.1, -0.05) is 23.9 Å². The molecule has 1 saturated heterocycles. The van der Waals surface area contributed by atoms with Gasteiger partial charge in [0.05, 0.1) is 23.4 Å². The first-order chi connectivity index (χ1) is 19.2. The minimum atomic E-state index is -1.08. The van der Waals surface area contributed by atoms with Gasteiger partial charge in [0, 0.05) is 18.7 Å². The monoisotopic (exact) mass is 563 g/mol. The SMILES string of the molecule is CCOC(=O)c1ccc(N=C2S[C@@H](CC(=O)Nc3ccc(C(=O)O)cc3)C(=O)N2CCc2ccc(F)cc2)cc1. The molecule has 3 aromatic carbocycles. The third-order valence-corrected chi connectivity index (χ3v) is 7.12. The average molecular weight is 564 g/mol. The van der Waals surface area contributed by atoms with Crippen molar-refractivity contribution in [2.24, 2.45) is 4.99 Å². The summed E-state index contributed by atoms with van der Waals surface area (Å²) < 4.78 is 18.3. The van der Waals surface area contributed by atoms with Crippen LogP contribution in [0.3, 0.4) is 0 Å². The normalized spacial score (nSPS) is 15.8. The second-order valence-corrected chi connectivity index (χ2v) is 9.94. The van der Waals surface area contributed by atoms with Crippen molar-refractivity contribution in [3.05, 3.63) is 95.3 Å². The number of carboxylic acid groups (broad SMARTS) is 1. The molecule has 0 saturated carbocycles. The fourth-order valence-corrected chi connectivity index (χ4v) is 5.08. The van der Waals surface area contributed by atoms with Crippen LogP contribution in [0.2, 0.25) is 0 Å². The predicted molar refractivity (Wildman–Crippen MR) is 149 cm³/mol. The van der Waals surface area contributed by atoms with Gasteiger partial charge in [-0.05, 0) is 79.6 Å². The summed E-state index contributed by atoms with van der Waals surface area (Å²) in [4.78, 5) is 55.2. The van der Waals surface area contributed by atoms with Crippen molar-refractivity contribution >= 4 is 52.1 Å². The summed E-state index contributed by atoms with van der Waals surface area (Å²) in [5.41, 5.74) is 2.23. The molecule has 9 nitrogen and oxygen atoms in total. The minimum absolute atomic E-state index is 0.0902. The Bertz CT molecular complexity index is 1430. The predicted octanol–water partition coefficient (Wildman–Crippen LogP) is 4.90. The van der Waals surface area contributed by atoms with Gasteiger partial charge in [0.1, 0.15) is 11.1 Å². The first kappa shape index (κ1) is 28.5. The molecule has 0 aliphatic carbocycles. The molecule has 0 unspecified atom stereocenters. The van der Waals surface area contributed by atoms with Crippen LogP contribution in [-0.4, -0.2) is 57.3 Å². The lowest BCUT2D eigenvalue weighted by molar-refractivity contribution is -0.128. The number of rotatable bonds is 10. The Morgan fingerprint density at radius 3 is 2.27 bits per heavy atom. The molecule has 11 heteroatoms. The Kier molecular flexibility index (Phi) is 9.28. The number of nitrogens with zero attached hydrogens (tertiary/aromatic N) is 2. The van der Waals surface area contributed by atoms with E-state index in [2.05, 4.69) is 10.3 Å². The topological polar surface area (TPSA) is 125 Å². The molecule has 206 valence electrons. The summed E-state index contributed by atoms with van der Waals surface area (Å²) >= 11 is 1.16. The first-order valence-electron chi connectivity index (χ1n) is 12.4. The summed E-state index contributed by atoms with van der Waals surface area (Å²) in [7, 11) is 0. The first-order valence-corrected chi connectivity index (χ1v) is 13.3. The number of amides is 2. The van der Waals surface area contributed by atoms with Gasteiger partial charge in [-0.2, -0.15) is 0 Å². The fraction of sp³-hybridized carbons (Fsp3) is 0.207. The number of hydrogen-bond acceptors (Lipinski definition) is 7. The molecule has 0 radical (unpaired) electrons. The van der Waals surface area contributed by atoms with Crippen LogP contribution in [-0.2, 0) is 20.7 Å². The van der Waals surface area contributed by atoms with Crippen LogP contribution in [0.25, 0.3) is 0 Å². The number of thioether (sulfide) groups is 1. The lowest BCUT2D eigenvalue weighted by atomic mass is 10.1. The van der Waals surface area contributed by atoms with Crippen molar-refractivity contribution in [3.8, 4) is 0 Å². The maximum absolute atomic E-state index is 13.4. The van der Waals surface area contributed by atoms with Crippen molar-refractivity contribution in [1.29, 1.82) is 0 Å². The van der Waals surface area contributed by atoms with Crippen molar-refractivity contribution in [3.63, 3.8) is 0 Å². The molecule has 2 N–H and O–H groups in total. The summed E-state index contributed by atoms with van der Waals surface area (Å²) in [6.45, 7) is 2.25. The van der Waals surface area contributed by atoms with Gasteiger partial charge in [-0.3, -0.25) is 14.5 Å². The Balaban J connectivity index is 1.50. The number of halogens is 1. The number of carbonyl (C=O) groups excluding carboxylic acids is 3. The smallest absolute Gasteiger partial charge is 0.338 e. The number of carboxylic acids is 1. The zero-order chi connectivity index (χ0) is 28.6. The molecule has 0 bridgehead atoms. The van der Waals surface area contributed by atoms with Gasteiger partial charge in [0.2, 0.25) is 11.8 Å². The molecular formula is C29H26FN3O6S. The molecule has 1 fully saturated rings. The van der Waals surface area contributed by atoms with Crippen LogP contribution in [0.1, 0.15) is 39.6 Å². The van der Waals surface area contributed by atoms with Crippen LogP contribution in [0.5, 0.6) is 0 Å². The zero-order valence-electron chi connectivity index (χ0n) is 21.5. The molecule has 1 aliphatic rings. The molecular weight excluding hydrogens is 537 g/mol. The van der Waals surface area contributed by atoms with E-state index < -0.39 is 23.1 Å². The van der Waals surface area contributed by atoms with Gasteiger partial charge in [0.15, 0.2) is 5.17 Å². The van der Waals surface area contributed by atoms with Crippen LogP contribution in [0.4, 0.5) is 15.8 Å². The molecule has 1 atom stereocenters. The number of ether oxygens (including phenoxy) is 1. The van der Waals surface area contributed by atoms with Crippen LogP contribution < -0.4 is 5.32 Å². The van der Waals surface area contributed by atoms with E-state index in [1.54, 1.807) is 43.3 Å². The average Bonchev–Trinajstić information content (AvgIpc) is 3.22. The van der Waals surface area contributed by atoms with Crippen LogP contribution in [0.15, 0.2) is 77.8 Å². The van der Waals surface area contributed by atoms with Gasteiger partial charge >= 0.3 is 11.9 Å². The minimum Gasteiger partial charge on any atom is -0.478 e. The van der Waals surface area contributed by atoms with Gasteiger partial charge in [-0.25, -0.2) is 19.0 Å². The Morgan fingerprint density at radius 2 is 1.65 bits per heavy atom. The number of nitrogens with one attached hydrogen (secondary N) is 1. The number of amidine groups is 1. The van der Waals surface area contributed by atoms with Crippen molar-refractivity contribution in [2.45, 2.75) is 25.0 Å². The summed E-state index contributed by atoms with van der Waals surface area (Å²) in [6, 6.07) is 18.2. The highest BCUT2D eigenvalue weighted by molar-refractivity contribution is 8.15. The number of aromatic carboxylic acids is 1. The highest BCUT2D eigenvalue weighted by Crippen LogP contribution is 2.32. The maximum atomic E-state index is 13.4. The highest BCUT2D eigenvalue weighted by Gasteiger charge is 2.39. The molecule has 40 heavy (non-hydrogen) atoms. The number of carbonyl (C=O) groups is 4. The van der Waals surface area contributed by atoms with Gasteiger partial charge < -0.3 is 15.2 Å². The second kappa shape index (κ2) is 13.0. The molecule has 2 amide bonds. The van der Waals surface area contributed by atoms with E-state index in [9.17, 15) is 23.6 Å². The van der Waals surface area contributed by atoms with E-state index in [0.29, 0.717) is 28.5 Å². The standard InChI is InChI=1S/C29H26FN3O6S/c1-2-39-28(38)20-7-13-23(14-8-20)32-29-33(16-15-18-3-9-21(30)10-4-18)26(35)24(40-29)17-25(34)31-22-11-5-19(6-12-22)27(36)37/h3-14,24H,2,15-17H2,1H3,(H,31,34)(H,36,37)/t24-/m0/s1. The van der Waals surface area contributed by atoms with Crippen molar-refractivity contribution < 1.29 is 33.4 Å². The lowest BCUT2D eigenvalue weighted by Gasteiger charge is -2.16. The fourth-order valence-electron chi connectivity index (χ4n) is 3.90. The van der Waals surface area contributed by atoms with E-state index in [0.717, 1.165) is 17.3 Å². The molecule has 1 aliphatic heterocycles. The summed E-state index contributed by atoms with van der Waals surface area (Å²) in [6.07, 6.45) is 0.320. The van der Waals surface area contributed by atoms with E-state index >= 15 is 0 Å². The number of benzene rings is 3. The van der Waals surface area contributed by atoms with Crippen molar-refractivity contribution in [2.75, 3.05) is 18.5 Å². The van der Waals surface area contributed by atoms with Crippen LogP contribution >= 0.6 is 11.8 Å². The van der Waals surface area contributed by atoms with Crippen molar-refractivity contribution in [1.82, 2.24) is 4.90 Å². The highest BCUT2D eigenvalue weighted by atomic mass is 32.2.